The molecule has 13 heteroatoms. The number of anilines is 2. The fourth-order valence-electron chi connectivity index (χ4n) is 3.65. The van der Waals surface area contributed by atoms with Gasteiger partial charge in [0.1, 0.15) is 16.8 Å². The minimum absolute atomic E-state index is 0.304. The molecule has 1 aromatic carbocycles. The van der Waals surface area contributed by atoms with Crippen LogP contribution in [0.1, 0.15) is 62.4 Å². The number of urea groups is 1. The summed E-state index contributed by atoms with van der Waals surface area (Å²) in [4.78, 5) is 23.4. The average molecular weight is 571 g/mol. The van der Waals surface area contributed by atoms with Crippen LogP contribution in [0.4, 0.5) is 20.5 Å². The predicted octanol–water partition coefficient (Wildman–Crippen LogP) is 4.03. The highest BCUT2D eigenvalue weighted by atomic mass is 32.1. The first kappa shape index (κ1) is 30.7. The highest BCUT2D eigenvalue weighted by molar-refractivity contribution is 7.15. The highest BCUT2D eigenvalue weighted by Gasteiger charge is 2.16. The van der Waals surface area contributed by atoms with Gasteiger partial charge in [0.2, 0.25) is 5.13 Å². The molecule has 0 saturated carbocycles. The molecule has 0 aliphatic rings. The maximum atomic E-state index is 11.9. The van der Waals surface area contributed by atoms with Crippen molar-refractivity contribution in [3.8, 4) is 0 Å². The largest absolute Gasteiger partial charge is 0.444 e. The number of amides is 3. The van der Waals surface area contributed by atoms with Crippen molar-refractivity contribution in [2.75, 3.05) is 17.2 Å². The molecular weight excluding hydrogens is 532 g/mol. The average Bonchev–Trinajstić information content (AvgIpc) is 3.32. The van der Waals surface area contributed by atoms with Crippen LogP contribution >= 0.6 is 11.3 Å². The van der Waals surface area contributed by atoms with Gasteiger partial charge in [0.15, 0.2) is 5.82 Å². The van der Waals surface area contributed by atoms with Crippen molar-refractivity contribution in [3.05, 3.63) is 58.2 Å². The second-order valence-corrected chi connectivity index (χ2v) is 11.2. The molecule has 40 heavy (non-hydrogen) atoms. The Kier molecular flexibility index (Phi) is 11.6. The summed E-state index contributed by atoms with van der Waals surface area (Å²) in [5.41, 5.74) is 2.13. The lowest BCUT2D eigenvalue weighted by molar-refractivity contribution is 0.0523. The maximum absolute atomic E-state index is 11.9. The van der Waals surface area contributed by atoms with Crippen LogP contribution in [0, 0.1) is 0 Å². The molecule has 3 amide bonds. The number of aryl methyl sites for hydroxylation is 2. The van der Waals surface area contributed by atoms with E-state index in [0.29, 0.717) is 30.5 Å². The first-order chi connectivity index (χ1) is 19.1. The Morgan fingerprint density at radius 1 is 1.00 bits per heavy atom. The summed E-state index contributed by atoms with van der Waals surface area (Å²) >= 11 is 1.42. The predicted molar refractivity (Wildman–Crippen MR) is 154 cm³/mol. The molecule has 216 valence electrons. The number of hydrogen-bond donors (Lipinski definition) is 5. The summed E-state index contributed by atoms with van der Waals surface area (Å²) in [6.07, 6.45) is 2.41. The second-order valence-electron chi connectivity index (χ2n) is 10.1. The van der Waals surface area contributed by atoms with E-state index in [9.17, 15) is 14.7 Å². The van der Waals surface area contributed by atoms with Crippen molar-refractivity contribution in [1.29, 1.82) is 0 Å². The van der Waals surface area contributed by atoms with Crippen molar-refractivity contribution < 1.29 is 19.4 Å². The summed E-state index contributed by atoms with van der Waals surface area (Å²) in [7, 11) is 0. The molecule has 1 atom stereocenters. The molecule has 0 radical (unpaired) electrons. The fourth-order valence-corrected chi connectivity index (χ4v) is 4.48. The van der Waals surface area contributed by atoms with Crippen LogP contribution in [0.2, 0.25) is 0 Å². The first-order valence-corrected chi connectivity index (χ1v) is 14.1. The van der Waals surface area contributed by atoms with Crippen LogP contribution in [0.5, 0.6) is 0 Å². The minimum Gasteiger partial charge on any atom is -0.444 e. The quantitative estimate of drug-likeness (QED) is 0.151. The zero-order valence-corrected chi connectivity index (χ0v) is 24.2. The third kappa shape index (κ3) is 11.5. The Morgan fingerprint density at radius 2 is 1.77 bits per heavy atom. The van der Waals surface area contributed by atoms with Gasteiger partial charge in [-0.15, -0.1) is 15.3 Å². The first-order valence-electron chi connectivity index (χ1n) is 13.3. The van der Waals surface area contributed by atoms with Crippen molar-refractivity contribution in [1.82, 2.24) is 31.0 Å². The molecule has 0 bridgehead atoms. The van der Waals surface area contributed by atoms with Crippen LogP contribution in [0.25, 0.3) is 0 Å². The van der Waals surface area contributed by atoms with Gasteiger partial charge in [0.05, 0.1) is 5.69 Å². The number of rotatable bonds is 13. The summed E-state index contributed by atoms with van der Waals surface area (Å²) < 4.78 is 5.26. The molecule has 0 fully saturated rings. The smallest absolute Gasteiger partial charge is 0.407 e. The van der Waals surface area contributed by atoms with Crippen molar-refractivity contribution in [2.24, 2.45) is 0 Å². The summed E-state index contributed by atoms with van der Waals surface area (Å²) in [5.74, 6) is 0.411. The van der Waals surface area contributed by atoms with Crippen LogP contribution in [-0.2, 0) is 30.5 Å². The molecule has 0 aliphatic carbocycles. The number of carbonyl (C=O) groups is 2. The summed E-state index contributed by atoms with van der Waals surface area (Å²) in [6, 6.07) is 10.9. The maximum Gasteiger partial charge on any atom is 0.407 e. The number of unbranched alkanes of at least 4 members (excludes halogenated alkanes) is 1. The van der Waals surface area contributed by atoms with Gasteiger partial charge < -0.3 is 25.8 Å². The van der Waals surface area contributed by atoms with Crippen molar-refractivity contribution in [2.45, 2.75) is 78.2 Å². The number of alkyl carbamates (subject to hydrolysis) is 1. The van der Waals surface area contributed by atoms with Gasteiger partial charge in [0.25, 0.3) is 0 Å². The number of aliphatic hydroxyl groups excluding tert-OH is 1. The van der Waals surface area contributed by atoms with Gasteiger partial charge in [-0.05, 0) is 70.2 Å². The van der Waals surface area contributed by atoms with E-state index < -0.39 is 17.9 Å². The van der Waals surface area contributed by atoms with E-state index in [-0.39, 0.29) is 6.03 Å². The van der Waals surface area contributed by atoms with Gasteiger partial charge in [-0.1, -0.05) is 35.6 Å². The molecule has 2 aromatic heterocycles. The number of hydrogen-bond acceptors (Lipinski definition) is 10. The summed E-state index contributed by atoms with van der Waals surface area (Å²) in [6.45, 7) is 8.16. The molecule has 0 aliphatic heterocycles. The molecule has 3 aromatic rings. The molecular formula is C27H38N8O4S. The number of aliphatic hydroxyl groups is 1. The monoisotopic (exact) mass is 570 g/mol. The third-order valence-corrected chi connectivity index (χ3v) is 6.30. The van der Waals surface area contributed by atoms with Gasteiger partial charge in [-0.2, -0.15) is 5.10 Å². The molecule has 0 saturated heterocycles. The van der Waals surface area contributed by atoms with E-state index in [1.807, 2.05) is 58.0 Å². The third-order valence-electron chi connectivity index (χ3n) is 5.39. The minimum atomic E-state index is -0.834. The number of ether oxygens (including phenoxy) is 1. The highest BCUT2D eigenvalue weighted by Crippen LogP contribution is 2.19. The van der Waals surface area contributed by atoms with Gasteiger partial charge in [-0.3, -0.25) is 5.32 Å². The van der Waals surface area contributed by atoms with Crippen molar-refractivity contribution in [3.63, 3.8) is 0 Å². The Morgan fingerprint density at radius 3 is 2.50 bits per heavy atom. The number of nitrogens with one attached hydrogen (secondary N) is 4. The molecule has 2 heterocycles. The Balaban J connectivity index is 1.37. The van der Waals surface area contributed by atoms with E-state index in [1.165, 1.54) is 11.3 Å². The normalized spacial score (nSPS) is 11.9. The van der Waals surface area contributed by atoms with E-state index in [4.69, 9.17) is 4.74 Å². The summed E-state index contributed by atoms with van der Waals surface area (Å²) in [5, 5.41) is 39.6. The van der Waals surface area contributed by atoms with E-state index in [2.05, 4.69) is 41.7 Å². The van der Waals surface area contributed by atoms with Gasteiger partial charge in [-0.25, -0.2) is 9.59 Å². The zero-order valence-electron chi connectivity index (χ0n) is 23.4. The number of nitrogens with zero attached hydrogens (tertiary/aromatic N) is 4. The lowest BCUT2D eigenvalue weighted by Crippen LogP contribution is -2.32. The van der Waals surface area contributed by atoms with Crippen LogP contribution in [0.3, 0.4) is 0 Å². The number of aromatic nitrogens is 4. The Hall–Kier alpha value is -3.84. The Labute approximate surface area is 238 Å². The molecule has 1 unspecified atom stereocenters. The fraction of sp³-hybridized carbons (Fsp3) is 0.481. The number of benzene rings is 1. The van der Waals surface area contributed by atoms with E-state index in [0.717, 1.165) is 47.5 Å². The SMILES string of the molecule is CCNC(=O)Nc1ccc(CCCCc2nnc(NC(O)Cc3cccc(CNC(=O)OC(C)(C)C)c3)s2)nn1. The van der Waals surface area contributed by atoms with Crippen LogP contribution in [0.15, 0.2) is 36.4 Å². The van der Waals surface area contributed by atoms with E-state index >= 15 is 0 Å². The van der Waals surface area contributed by atoms with E-state index in [1.54, 1.807) is 6.07 Å². The zero-order chi connectivity index (χ0) is 29.0. The van der Waals surface area contributed by atoms with Crippen molar-refractivity contribution >= 4 is 34.4 Å². The Bertz CT molecular complexity index is 1230. The van der Waals surface area contributed by atoms with Crippen LogP contribution < -0.4 is 21.3 Å². The molecule has 5 N–H and O–H groups in total. The molecule has 0 spiro atoms. The lowest BCUT2D eigenvalue weighted by atomic mass is 10.1. The molecule has 12 nitrogen and oxygen atoms in total. The standard InChI is InChI=1S/C27H38N8O4S/c1-5-28-24(37)30-21-14-13-20(32-33-21)11-6-7-12-23-34-35-25(40-23)31-22(36)16-18-9-8-10-19(15-18)17-29-26(38)39-27(2,3)4/h8-10,13-15,22,36H,5-7,11-12,16-17H2,1-4H3,(H,29,38)(H,31,35)(H2,28,30,33,37). The molecule has 3 rings (SSSR count). The second kappa shape index (κ2) is 15.1. The number of carbonyl (C=O) groups excluding carboxylic acids is 2. The van der Waals surface area contributed by atoms with Crippen LogP contribution in [-0.4, -0.2) is 56.0 Å². The van der Waals surface area contributed by atoms with Gasteiger partial charge >= 0.3 is 12.1 Å². The van der Waals surface area contributed by atoms with Gasteiger partial charge in [0, 0.05) is 25.9 Å². The lowest BCUT2D eigenvalue weighted by Gasteiger charge is -2.19. The topological polar surface area (TPSA) is 163 Å².